The SMILES string of the molecule is Cc1cccc(-c2noc(CN(C)C(=O)[C@@H](C)N(c3cccc(C)c3)S(C)(=O)=O)n2)c1. The molecule has 0 fully saturated rings. The molecule has 1 heterocycles. The fourth-order valence-electron chi connectivity index (χ4n) is 3.39. The summed E-state index contributed by atoms with van der Waals surface area (Å²) in [6.07, 6.45) is 1.09. The van der Waals surface area contributed by atoms with Gasteiger partial charge in [0.05, 0.1) is 18.5 Å². The Kier molecular flexibility index (Phi) is 6.45. The average molecular weight is 443 g/mol. The molecule has 9 heteroatoms. The number of hydrogen-bond acceptors (Lipinski definition) is 6. The van der Waals surface area contributed by atoms with Crippen LogP contribution in [0.25, 0.3) is 11.4 Å². The van der Waals surface area contributed by atoms with Crippen molar-refractivity contribution in [2.24, 2.45) is 0 Å². The maximum Gasteiger partial charge on any atom is 0.246 e. The second-order valence-electron chi connectivity index (χ2n) is 7.65. The largest absolute Gasteiger partial charge is 0.337 e. The van der Waals surface area contributed by atoms with E-state index >= 15 is 0 Å². The second-order valence-corrected chi connectivity index (χ2v) is 9.51. The lowest BCUT2D eigenvalue weighted by atomic mass is 10.1. The van der Waals surface area contributed by atoms with Gasteiger partial charge in [-0.3, -0.25) is 9.10 Å². The lowest BCUT2D eigenvalue weighted by molar-refractivity contribution is -0.131. The van der Waals surface area contributed by atoms with Crippen LogP contribution in [0, 0.1) is 13.8 Å². The number of aromatic nitrogens is 2. The van der Waals surface area contributed by atoms with Crippen LogP contribution >= 0.6 is 0 Å². The minimum Gasteiger partial charge on any atom is -0.337 e. The number of sulfonamides is 1. The molecular formula is C22H26N4O4S. The zero-order valence-corrected chi connectivity index (χ0v) is 19.0. The summed E-state index contributed by atoms with van der Waals surface area (Å²) in [6, 6.07) is 13.8. The van der Waals surface area contributed by atoms with Gasteiger partial charge in [-0.1, -0.05) is 41.1 Å². The molecule has 0 unspecified atom stereocenters. The number of aryl methyl sites for hydroxylation is 2. The first-order valence-corrected chi connectivity index (χ1v) is 11.6. The van der Waals surface area contributed by atoms with Crippen LogP contribution in [0.2, 0.25) is 0 Å². The van der Waals surface area contributed by atoms with E-state index in [4.69, 9.17) is 4.52 Å². The first-order chi connectivity index (χ1) is 14.6. The van der Waals surface area contributed by atoms with Crippen molar-refractivity contribution in [3.8, 4) is 11.4 Å². The van der Waals surface area contributed by atoms with Crippen LogP contribution in [0.15, 0.2) is 53.1 Å². The van der Waals surface area contributed by atoms with E-state index in [2.05, 4.69) is 10.1 Å². The molecule has 1 amide bonds. The molecule has 3 rings (SSSR count). The summed E-state index contributed by atoms with van der Waals surface area (Å²) in [7, 11) is -2.11. The van der Waals surface area contributed by atoms with E-state index in [1.54, 1.807) is 32.2 Å². The van der Waals surface area contributed by atoms with E-state index in [-0.39, 0.29) is 18.3 Å². The molecule has 0 saturated carbocycles. The molecule has 0 N–H and O–H groups in total. The standard InChI is InChI=1S/C22H26N4O4S/c1-15-8-6-10-18(12-15)21-23-20(30-24-21)14-25(4)22(27)17(3)26(31(5,28)29)19-11-7-9-16(2)13-19/h6-13,17H,14H2,1-5H3/t17-/m1/s1. The maximum absolute atomic E-state index is 13.0. The highest BCUT2D eigenvalue weighted by Crippen LogP contribution is 2.23. The van der Waals surface area contributed by atoms with Gasteiger partial charge in [0.25, 0.3) is 0 Å². The molecule has 0 bridgehead atoms. The van der Waals surface area contributed by atoms with Crippen molar-refractivity contribution < 1.29 is 17.7 Å². The number of nitrogens with zero attached hydrogens (tertiary/aromatic N) is 4. The van der Waals surface area contributed by atoms with E-state index in [1.165, 1.54) is 4.90 Å². The van der Waals surface area contributed by atoms with Crippen molar-refractivity contribution in [3.63, 3.8) is 0 Å². The fraction of sp³-hybridized carbons (Fsp3) is 0.318. The van der Waals surface area contributed by atoms with Crippen LogP contribution in [0.5, 0.6) is 0 Å². The highest BCUT2D eigenvalue weighted by atomic mass is 32.2. The zero-order chi connectivity index (χ0) is 22.8. The van der Waals surface area contributed by atoms with Crippen LogP contribution in [-0.2, 0) is 21.4 Å². The van der Waals surface area contributed by atoms with E-state index in [0.29, 0.717) is 11.5 Å². The van der Waals surface area contributed by atoms with Crippen molar-refractivity contribution in [1.82, 2.24) is 15.0 Å². The van der Waals surface area contributed by atoms with Gasteiger partial charge in [0.15, 0.2) is 0 Å². The minimum absolute atomic E-state index is 0.0629. The Balaban J connectivity index is 1.78. The van der Waals surface area contributed by atoms with Gasteiger partial charge in [-0.25, -0.2) is 8.42 Å². The van der Waals surface area contributed by atoms with E-state index < -0.39 is 16.1 Å². The van der Waals surface area contributed by atoms with Crippen molar-refractivity contribution in [2.45, 2.75) is 33.4 Å². The van der Waals surface area contributed by atoms with E-state index in [1.807, 2.05) is 44.2 Å². The van der Waals surface area contributed by atoms with E-state index in [9.17, 15) is 13.2 Å². The van der Waals surface area contributed by atoms with Crippen LogP contribution in [0.3, 0.4) is 0 Å². The lowest BCUT2D eigenvalue weighted by Crippen LogP contribution is -2.48. The lowest BCUT2D eigenvalue weighted by Gasteiger charge is -2.30. The summed E-state index contributed by atoms with van der Waals surface area (Å²) >= 11 is 0. The summed E-state index contributed by atoms with van der Waals surface area (Å²) in [5, 5.41) is 3.99. The van der Waals surface area contributed by atoms with Gasteiger partial charge in [-0.2, -0.15) is 4.98 Å². The summed E-state index contributed by atoms with van der Waals surface area (Å²) in [5.74, 6) is 0.313. The molecule has 0 spiro atoms. The third-order valence-corrected chi connectivity index (χ3v) is 6.06. The van der Waals surface area contributed by atoms with Gasteiger partial charge in [-0.15, -0.1) is 0 Å². The molecule has 1 aromatic heterocycles. The van der Waals surface area contributed by atoms with Crippen LogP contribution in [0.1, 0.15) is 23.9 Å². The number of likely N-dealkylation sites (N-methyl/N-ethyl adjacent to an activating group) is 1. The predicted octanol–water partition coefficient (Wildman–Crippen LogP) is 3.17. The molecule has 1 atom stereocenters. The first kappa shape index (κ1) is 22.5. The molecule has 0 aliphatic heterocycles. The van der Waals surface area contributed by atoms with Crippen LogP contribution < -0.4 is 4.31 Å². The van der Waals surface area contributed by atoms with Gasteiger partial charge in [-0.05, 0) is 44.5 Å². The quantitative estimate of drug-likeness (QED) is 0.558. The topological polar surface area (TPSA) is 96.6 Å². The Labute approximate surface area is 182 Å². The Hall–Kier alpha value is -3.20. The monoisotopic (exact) mass is 442 g/mol. The summed E-state index contributed by atoms with van der Waals surface area (Å²) in [5.41, 5.74) is 3.23. The highest BCUT2D eigenvalue weighted by Gasteiger charge is 2.31. The smallest absolute Gasteiger partial charge is 0.246 e. The number of amides is 1. The van der Waals surface area contributed by atoms with Crippen molar-refractivity contribution in [2.75, 3.05) is 17.6 Å². The first-order valence-electron chi connectivity index (χ1n) is 9.77. The minimum atomic E-state index is -3.69. The molecule has 0 radical (unpaired) electrons. The van der Waals surface area contributed by atoms with Crippen LogP contribution in [-0.4, -0.2) is 48.7 Å². The molecule has 164 valence electrons. The Morgan fingerprint density at radius 1 is 1.10 bits per heavy atom. The highest BCUT2D eigenvalue weighted by molar-refractivity contribution is 7.92. The fourth-order valence-corrected chi connectivity index (χ4v) is 4.55. The van der Waals surface area contributed by atoms with Gasteiger partial charge in [0, 0.05) is 12.6 Å². The normalized spacial score (nSPS) is 12.4. The molecule has 0 aliphatic rings. The molecule has 2 aromatic carbocycles. The molecule has 31 heavy (non-hydrogen) atoms. The van der Waals surface area contributed by atoms with Crippen LogP contribution in [0.4, 0.5) is 5.69 Å². The van der Waals surface area contributed by atoms with Gasteiger partial charge < -0.3 is 9.42 Å². The Morgan fingerprint density at radius 2 is 1.74 bits per heavy atom. The number of hydrogen-bond donors (Lipinski definition) is 0. The van der Waals surface area contributed by atoms with Gasteiger partial charge in [0.2, 0.25) is 27.6 Å². The predicted molar refractivity (Wildman–Crippen MR) is 119 cm³/mol. The summed E-state index contributed by atoms with van der Waals surface area (Å²) in [6.45, 7) is 5.46. The van der Waals surface area contributed by atoms with E-state index in [0.717, 1.165) is 27.3 Å². The Bertz CT molecular complexity index is 1190. The number of anilines is 1. The molecular weight excluding hydrogens is 416 g/mol. The number of carbonyl (C=O) groups excluding carboxylic acids is 1. The molecule has 3 aromatic rings. The second kappa shape index (κ2) is 8.89. The number of rotatable bonds is 7. The zero-order valence-electron chi connectivity index (χ0n) is 18.2. The molecule has 8 nitrogen and oxygen atoms in total. The Morgan fingerprint density at radius 3 is 2.35 bits per heavy atom. The number of carbonyl (C=O) groups is 1. The third-order valence-electron chi connectivity index (χ3n) is 4.82. The van der Waals surface area contributed by atoms with Gasteiger partial charge in [0.1, 0.15) is 6.04 Å². The van der Waals surface area contributed by atoms with Crippen molar-refractivity contribution in [3.05, 3.63) is 65.5 Å². The van der Waals surface area contributed by atoms with Crippen molar-refractivity contribution in [1.29, 1.82) is 0 Å². The summed E-state index contributed by atoms with van der Waals surface area (Å²) < 4.78 is 31.4. The summed E-state index contributed by atoms with van der Waals surface area (Å²) in [4.78, 5) is 18.8. The molecule has 0 aliphatic carbocycles. The van der Waals surface area contributed by atoms with Crippen molar-refractivity contribution >= 4 is 21.6 Å². The third kappa shape index (κ3) is 5.29. The van der Waals surface area contributed by atoms with Gasteiger partial charge >= 0.3 is 0 Å². The number of benzene rings is 2. The average Bonchev–Trinajstić information content (AvgIpc) is 3.15. The maximum atomic E-state index is 13.0. The molecule has 0 saturated heterocycles.